The molecule has 0 saturated carbocycles. The largest absolute Gasteiger partial charge is 0.486 e. The van der Waals surface area contributed by atoms with Gasteiger partial charge in [-0.25, -0.2) is 9.78 Å². The Labute approximate surface area is 175 Å². The highest BCUT2D eigenvalue weighted by atomic mass is 35.5. The van der Waals surface area contributed by atoms with Crippen molar-refractivity contribution in [2.45, 2.75) is 19.4 Å². The van der Waals surface area contributed by atoms with Crippen LogP contribution in [0.5, 0.6) is 11.5 Å². The van der Waals surface area contributed by atoms with Gasteiger partial charge in [0.2, 0.25) is 5.91 Å². The molecular formula is C19H20ClN5O5. The second-order valence-electron chi connectivity index (χ2n) is 6.94. The molecule has 30 heavy (non-hydrogen) atoms. The summed E-state index contributed by atoms with van der Waals surface area (Å²) in [5.74, 6) is 0.859. The molecule has 1 N–H and O–H groups in total. The molecule has 0 radical (unpaired) electrons. The Bertz CT molecular complexity index is 1260. The van der Waals surface area contributed by atoms with Crippen molar-refractivity contribution >= 4 is 34.4 Å². The zero-order chi connectivity index (χ0) is 21.4. The van der Waals surface area contributed by atoms with E-state index in [1.165, 1.54) is 17.9 Å². The second kappa shape index (κ2) is 7.86. The van der Waals surface area contributed by atoms with Crippen LogP contribution in [0.2, 0.25) is 5.02 Å². The zero-order valence-corrected chi connectivity index (χ0v) is 17.2. The predicted octanol–water partition coefficient (Wildman–Crippen LogP) is 1.28. The van der Waals surface area contributed by atoms with Gasteiger partial charge < -0.3 is 19.4 Å². The summed E-state index contributed by atoms with van der Waals surface area (Å²) in [5, 5.41) is 3.13. The minimum Gasteiger partial charge on any atom is -0.486 e. The van der Waals surface area contributed by atoms with Crippen molar-refractivity contribution in [2.75, 3.05) is 18.5 Å². The molecule has 11 heteroatoms. The number of carbonyl (C=O) groups is 1. The van der Waals surface area contributed by atoms with Gasteiger partial charge in [-0.3, -0.25) is 18.7 Å². The summed E-state index contributed by atoms with van der Waals surface area (Å²) in [5.41, 5.74) is 0.236. The quantitative estimate of drug-likeness (QED) is 0.649. The average molecular weight is 434 g/mol. The topological polar surface area (TPSA) is 109 Å². The van der Waals surface area contributed by atoms with Gasteiger partial charge in [-0.05, 0) is 6.42 Å². The van der Waals surface area contributed by atoms with E-state index in [1.54, 1.807) is 23.7 Å². The number of imidazole rings is 1. The maximum atomic E-state index is 12.4. The maximum absolute atomic E-state index is 12.4. The van der Waals surface area contributed by atoms with Crippen molar-refractivity contribution in [1.29, 1.82) is 0 Å². The summed E-state index contributed by atoms with van der Waals surface area (Å²) < 4.78 is 15.0. The molecule has 4 rings (SSSR count). The smallest absolute Gasteiger partial charge is 0.332 e. The molecule has 1 amide bonds. The number of anilines is 1. The molecular weight excluding hydrogens is 414 g/mol. The molecule has 158 valence electrons. The molecule has 10 nitrogen and oxygen atoms in total. The van der Waals surface area contributed by atoms with E-state index in [2.05, 4.69) is 10.3 Å². The van der Waals surface area contributed by atoms with E-state index in [4.69, 9.17) is 21.1 Å². The highest BCUT2D eigenvalue weighted by Gasteiger charge is 2.17. The number of nitrogens with one attached hydrogen (secondary N) is 1. The summed E-state index contributed by atoms with van der Waals surface area (Å²) >= 11 is 6.22. The number of benzene rings is 1. The lowest BCUT2D eigenvalue weighted by atomic mass is 10.2. The van der Waals surface area contributed by atoms with Gasteiger partial charge >= 0.3 is 5.69 Å². The third-order valence-corrected chi connectivity index (χ3v) is 5.24. The van der Waals surface area contributed by atoms with Crippen LogP contribution < -0.4 is 26.0 Å². The van der Waals surface area contributed by atoms with E-state index in [0.717, 1.165) is 4.57 Å². The van der Waals surface area contributed by atoms with Gasteiger partial charge in [0.05, 0.1) is 17.0 Å². The van der Waals surface area contributed by atoms with Crippen molar-refractivity contribution in [1.82, 2.24) is 18.7 Å². The van der Waals surface area contributed by atoms with Gasteiger partial charge in [0.25, 0.3) is 5.56 Å². The van der Waals surface area contributed by atoms with Crippen molar-refractivity contribution < 1.29 is 14.3 Å². The van der Waals surface area contributed by atoms with E-state index >= 15 is 0 Å². The van der Waals surface area contributed by atoms with Gasteiger partial charge in [0, 0.05) is 39.2 Å². The Hall–Kier alpha value is -3.27. The Balaban J connectivity index is 1.44. The lowest BCUT2D eigenvalue weighted by Gasteiger charge is -2.20. The van der Waals surface area contributed by atoms with E-state index in [-0.39, 0.29) is 12.3 Å². The summed E-state index contributed by atoms with van der Waals surface area (Å²) in [6.45, 7) is 1.29. The van der Waals surface area contributed by atoms with E-state index in [1.807, 2.05) is 0 Å². The first-order chi connectivity index (χ1) is 14.4. The highest BCUT2D eigenvalue weighted by Crippen LogP contribution is 2.38. The molecule has 0 aliphatic carbocycles. The predicted molar refractivity (Wildman–Crippen MR) is 111 cm³/mol. The van der Waals surface area contributed by atoms with Gasteiger partial charge in [0.1, 0.15) is 13.2 Å². The molecule has 0 atom stereocenters. The van der Waals surface area contributed by atoms with E-state index in [9.17, 15) is 14.4 Å². The van der Waals surface area contributed by atoms with Crippen LogP contribution >= 0.6 is 11.6 Å². The normalized spacial score (nSPS) is 12.9. The van der Waals surface area contributed by atoms with Crippen LogP contribution in [0.3, 0.4) is 0 Å². The van der Waals surface area contributed by atoms with Crippen LogP contribution in [-0.2, 0) is 25.4 Å². The number of ether oxygens (including phenoxy) is 2. The minimum absolute atomic E-state index is 0.205. The van der Waals surface area contributed by atoms with Crippen molar-refractivity contribution in [3.63, 3.8) is 0 Å². The Morgan fingerprint density at radius 1 is 1.17 bits per heavy atom. The molecule has 1 aliphatic rings. The molecule has 3 heterocycles. The van der Waals surface area contributed by atoms with Crippen LogP contribution in [0.25, 0.3) is 11.2 Å². The standard InChI is InChI=1S/C19H20ClN5O5/c1-23-17-16(18(27)24(2)19(23)28)25(10-21-17)5-3-4-15(26)22-12-9-14-13(8-11(12)20)29-6-7-30-14/h8-10H,3-7H2,1-2H3,(H,22,26). The number of aromatic nitrogens is 4. The van der Waals surface area contributed by atoms with Crippen LogP contribution in [0.15, 0.2) is 28.0 Å². The molecule has 3 aromatic rings. The van der Waals surface area contributed by atoms with Crippen molar-refractivity contribution in [3.8, 4) is 11.5 Å². The SMILES string of the molecule is Cn1c(=O)c2c(ncn2CCCC(=O)Nc2cc3c(cc2Cl)OCCO3)n(C)c1=O. The van der Waals surface area contributed by atoms with Gasteiger partial charge in [-0.15, -0.1) is 0 Å². The van der Waals surface area contributed by atoms with Crippen molar-refractivity contribution in [2.24, 2.45) is 14.1 Å². The first-order valence-corrected chi connectivity index (χ1v) is 9.74. The monoisotopic (exact) mass is 433 g/mol. The summed E-state index contributed by atoms with van der Waals surface area (Å²) in [4.78, 5) is 41.0. The molecule has 1 aromatic carbocycles. The number of hydrogen-bond acceptors (Lipinski definition) is 6. The number of rotatable bonds is 5. The second-order valence-corrected chi connectivity index (χ2v) is 7.35. The molecule has 0 unspecified atom stereocenters. The number of carbonyl (C=O) groups excluding carboxylic acids is 1. The average Bonchev–Trinajstić information content (AvgIpc) is 3.15. The van der Waals surface area contributed by atoms with Gasteiger partial charge in [0.15, 0.2) is 22.7 Å². The Morgan fingerprint density at radius 2 is 1.87 bits per heavy atom. The fourth-order valence-electron chi connectivity index (χ4n) is 3.35. The first kappa shape index (κ1) is 20.0. The van der Waals surface area contributed by atoms with Crippen LogP contribution in [-0.4, -0.2) is 37.8 Å². The molecule has 0 fully saturated rings. The summed E-state index contributed by atoms with van der Waals surface area (Å²) in [6.07, 6.45) is 2.17. The highest BCUT2D eigenvalue weighted by molar-refractivity contribution is 6.34. The fourth-order valence-corrected chi connectivity index (χ4v) is 3.55. The summed E-state index contributed by atoms with van der Waals surface area (Å²) in [7, 11) is 2.98. The molecule has 0 saturated heterocycles. The van der Waals surface area contributed by atoms with Gasteiger partial charge in [-0.1, -0.05) is 11.6 Å². The maximum Gasteiger partial charge on any atom is 0.332 e. The zero-order valence-electron chi connectivity index (χ0n) is 16.5. The molecule has 0 spiro atoms. The van der Waals surface area contributed by atoms with Crippen LogP contribution in [0, 0.1) is 0 Å². The van der Waals surface area contributed by atoms with Crippen LogP contribution in [0.1, 0.15) is 12.8 Å². The molecule has 2 aromatic heterocycles. The third-order valence-electron chi connectivity index (χ3n) is 4.93. The molecule has 1 aliphatic heterocycles. The fraction of sp³-hybridized carbons (Fsp3) is 0.368. The Kier molecular flexibility index (Phi) is 5.25. The third kappa shape index (κ3) is 3.54. The van der Waals surface area contributed by atoms with Crippen LogP contribution in [0.4, 0.5) is 5.69 Å². The van der Waals surface area contributed by atoms with E-state index in [0.29, 0.717) is 59.6 Å². The lowest BCUT2D eigenvalue weighted by Crippen LogP contribution is -2.37. The summed E-state index contributed by atoms with van der Waals surface area (Å²) in [6, 6.07) is 3.26. The number of fused-ring (bicyclic) bond motifs is 2. The number of halogens is 1. The molecule has 0 bridgehead atoms. The number of aryl methyl sites for hydroxylation is 2. The number of amides is 1. The lowest BCUT2D eigenvalue weighted by molar-refractivity contribution is -0.116. The Morgan fingerprint density at radius 3 is 2.60 bits per heavy atom. The van der Waals surface area contributed by atoms with Gasteiger partial charge in [-0.2, -0.15) is 0 Å². The van der Waals surface area contributed by atoms with Crippen molar-refractivity contribution in [3.05, 3.63) is 44.3 Å². The van der Waals surface area contributed by atoms with E-state index < -0.39 is 11.2 Å². The number of hydrogen-bond donors (Lipinski definition) is 1. The number of nitrogens with zero attached hydrogens (tertiary/aromatic N) is 4. The first-order valence-electron chi connectivity index (χ1n) is 9.36. The minimum atomic E-state index is -0.437.